The Balaban J connectivity index is 1.33. The van der Waals surface area contributed by atoms with Crippen molar-refractivity contribution in [3.8, 4) is 5.69 Å². The van der Waals surface area contributed by atoms with Gasteiger partial charge in [-0.3, -0.25) is 4.79 Å². The Labute approximate surface area is 169 Å². The molecule has 1 spiro atoms. The quantitative estimate of drug-likeness (QED) is 0.731. The van der Waals surface area contributed by atoms with E-state index in [1.54, 1.807) is 12.1 Å². The van der Waals surface area contributed by atoms with Crippen LogP contribution in [0.3, 0.4) is 0 Å². The number of nitrogens with one attached hydrogen (secondary N) is 1. The molecule has 0 aliphatic carbocycles. The molecular formula is C23H23FN4O. The fraction of sp³-hybridized carbons (Fsp3) is 0.304. The van der Waals surface area contributed by atoms with E-state index >= 15 is 0 Å². The number of imidazole rings is 1. The summed E-state index contributed by atoms with van der Waals surface area (Å²) in [6.07, 6.45) is 5.81. The van der Waals surface area contributed by atoms with Crippen LogP contribution in [0, 0.1) is 5.82 Å². The van der Waals surface area contributed by atoms with Gasteiger partial charge < -0.3 is 14.8 Å². The third kappa shape index (κ3) is 3.23. The first kappa shape index (κ1) is 18.1. The van der Waals surface area contributed by atoms with Crippen LogP contribution in [0.5, 0.6) is 0 Å². The highest BCUT2D eigenvalue weighted by molar-refractivity contribution is 5.78. The van der Waals surface area contributed by atoms with Gasteiger partial charge in [-0.25, -0.2) is 9.37 Å². The number of halogens is 1. The second-order valence-corrected chi connectivity index (χ2v) is 7.87. The number of hydrogen-bond donors (Lipinski definition) is 1. The molecule has 29 heavy (non-hydrogen) atoms. The molecule has 1 saturated heterocycles. The molecule has 5 rings (SSSR count). The summed E-state index contributed by atoms with van der Waals surface area (Å²) in [4.78, 5) is 19.4. The van der Waals surface area contributed by atoms with E-state index in [0.717, 1.165) is 30.8 Å². The summed E-state index contributed by atoms with van der Waals surface area (Å²) in [5.41, 5.74) is 3.02. The second kappa shape index (κ2) is 7.12. The van der Waals surface area contributed by atoms with Crippen LogP contribution >= 0.6 is 0 Å². The Morgan fingerprint density at radius 3 is 2.66 bits per heavy atom. The average Bonchev–Trinajstić information content (AvgIpc) is 3.21. The molecule has 2 aliphatic heterocycles. The van der Waals surface area contributed by atoms with Gasteiger partial charge in [-0.2, -0.15) is 0 Å². The van der Waals surface area contributed by atoms with E-state index < -0.39 is 0 Å². The number of likely N-dealkylation sites (tertiary alicyclic amines) is 1. The van der Waals surface area contributed by atoms with E-state index in [0.29, 0.717) is 19.5 Å². The predicted octanol–water partition coefficient (Wildman–Crippen LogP) is 3.18. The molecule has 1 aromatic heterocycles. The third-order valence-electron chi connectivity index (χ3n) is 6.18. The summed E-state index contributed by atoms with van der Waals surface area (Å²) in [6, 6.07) is 14.6. The molecule has 1 amide bonds. The summed E-state index contributed by atoms with van der Waals surface area (Å²) in [6.45, 7) is 2.13. The number of fused-ring (bicyclic) bond motifs is 4. The van der Waals surface area contributed by atoms with Crippen LogP contribution in [0.2, 0.25) is 0 Å². The standard InChI is InChI=1S/C23H23FN4O/c24-19-7-5-17(6-8-19)15-21(29)27-12-9-23(10-13-27)22-25-11-14-28(22)20-4-2-1-3-18(20)16-26-23/h1-8,11,14,26H,9-10,12-13,15-16H2. The minimum atomic E-state index is -0.281. The molecule has 1 N–H and O–H groups in total. The SMILES string of the molecule is O=C(Cc1ccc(F)cc1)N1CCC2(CC1)NCc1ccccc1-n1ccnc12. The molecule has 0 radical (unpaired) electrons. The summed E-state index contributed by atoms with van der Waals surface area (Å²) in [5.74, 6) is 0.830. The van der Waals surface area contributed by atoms with Gasteiger partial charge in [-0.15, -0.1) is 0 Å². The van der Waals surface area contributed by atoms with E-state index in [-0.39, 0.29) is 17.3 Å². The van der Waals surface area contributed by atoms with Gasteiger partial charge in [0.2, 0.25) is 5.91 Å². The number of carbonyl (C=O) groups excluding carboxylic acids is 1. The van der Waals surface area contributed by atoms with Gasteiger partial charge in [0.05, 0.1) is 17.6 Å². The van der Waals surface area contributed by atoms with Crippen molar-refractivity contribution in [1.82, 2.24) is 19.8 Å². The molecule has 0 atom stereocenters. The molecule has 0 unspecified atom stereocenters. The molecule has 5 nitrogen and oxygen atoms in total. The predicted molar refractivity (Wildman–Crippen MR) is 108 cm³/mol. The van der Waals surface area contributed by atoms with Crippen LogP contribution in [0.15, 0.2) is 60.9 Å². The first-order valence-corrected chi connectivity index (χ1v) is 10.0. The van der Waals surface area contributed by atoms with Crippen molar-refractivity contribution in [2.24, 2.45) is 0 Å². The Morgan fingerprint density at radius 1 is 1.10 bits per heavy atom. The molecule has 6 heteroatoms. The molecular weight excluding hydrogens is 367 g/mol. The van der Waals surface area contributed by atoms with Gasteiger partial charge in [0.1, 0.15) is 11.6 Å². The number of piperidine rings is 1. The topological polar surface area (TPSA) is 50.2 Å². The van der Waals surface area contributed by atoms with Gasteiger partial charge in [0.25, 0.3) is 0 Å². The van der Waals surface area contributed by atoms with Crippen molar-refractivity contribution in [1.29, 1.82) is 0 Å². The van der Waals surface area contributed by atoms with Crippen molar-refractivity contribution in [2.75, 3.05) is 13.1 Å². The van der Waals surface area contributed by atoms with E-state index in [2.05, 4.69) is 34.1 Å². The molecule has 2 aliphatic rings. The zero-order valence-electron chi connectivity index (χ0n) is 16.1. The van der Waals surface area contributed by atoms with Crippen molar-refractivity contribution < 1.29 is 9.18 Å². The lowest BCUT2D eigenvalue weighted by Gasteiger charge is -2.41. The first-order valence-electron chi connectivity index (χ1n) is 10.0. The van der Waals surface area contributed by atoms with Crippen LogP contribution < -0.4 is 5.32 Å². The van der Waals surface area contributed by atoms with Gasteiger partial charge in [0, 0.05) is 32.0 Å². The molecule has 2 aromatic carbocycles. The second-order valence-electron chi connectivity index (χ2n) is 7.87. The number of hydrogen-bond acceptors (Lipinski definition) is 3. The molecule has 0 saturated carbocycles. The Bertz CT molecular complexity index is 1040. The van der Waals surface area contributed by atoms with E-state index in [9.17, 15) is 9.18 Å². The van der Waals surface area contributed by atoms with Crippen LogP contribution in [0.1, 0.15) is 29.8 Å². The minimum Gasteiger partial charge on any atom is -0.342 e. The molecule has 0 bridgehead atoms. The van der Waals surface area contributed by atoms with E-state index in [1.807, 2.05) is 17.3 Å². The summed E-state index contributed by atoms with van der Waals surface area (Å²) < 4.78 is 15.3. The van der Waals surface area contributed by atoms with E-state index in [1.165, 1.54) is 23.4 Å². The molecule has 1 fully saturated rings. The van der Waals surface area contributed by atoms with Crippen LogP contribution in [-0.2, 0) is 23.3 Å². The van der Waals surface area contributed by atoms with Crippen LogP contribution in [0.4, 0.5) is 4.39 Å². The summed E-state index contributed by atoms with van der Waals surface area (Å²) in [7, 11) is 0. The number of benzene rings is 2. The zero-order valence-corrected chi connectivity index (χ0v) is 16.1. The third-order valence-corrected chi connectivity index (χ3v) is 6.18. The maximum Gasteiger partial charge on any atom is 0.226 e. The highest BCUT2D eigenvalue weighted by atomic mass is 19.1. The molecule has 3 heterocycles. The Morgan fingerprint density at radius 2 is 1.86 bits per heavy atom. The number of amides is 1. The first-order chi connectivity index (χ1) is 14.1. The smallest absolute Gasteiger partial charge is 0.226 e. The monoisotopic (exact) mass is 390 g/mol. The molecule has 3 aromatic rings. The highest BCUT2D eigenvalue weighted by Crippen LogP contribution is 2.36. The van der Waals surface area contributed by atoms with Crippen molar-refractivity contribution in [2.45, 2.75) is 31.3 Å². The van der Waals surface area contributed by atoms with Crippen LogP contribution in [0.25, 0.3) is 5.69 Å². The normalized spacial score (nSPS) is 17.5. The Hall–Kier alpha value is -2.99. The van der Waals surface area contributed by atoms with Gasteiger partial charge >= 0.3 is 0 Å². The van der Waals surface area contributed by atoms with Crippen molar-refractivity contribution in [3.05, 3.63) is 83.7 Å². The number of rotatable bonds is 2. The fourth-order valence-electron chi connectivity index (χ4n) is 4.52. The zero-order chi connectivity index (χ0) is 19.8. The number of aromatic nitrogens is 2. The maximum atomic E-state index is 13.1. The highest BCUT2D eigenvalue weighted by Gasteiger charge is 2.41. The lowest BCUT2D eigenvalue weighted by Crippen LogP contribution is -2.52. The van der Waals surface area contributed by atoms with Crippen LogP contribution in [-0.4, -0.2) is 33.4 Å². The lowest BCUT2D eigenvalue weighted by molar-refractivity contribution is -0.132. The maximum absolute atomic E-state index is 13.1. The minimum absolute atomic E-state index is 0.0895. The summed E-state index contributed by atoms with van der Waals surface area (Å²) >= 11 is 0. The Kier molecular flexibility index (Phi) is 4.43. The summed E-state index contributed by atoms with van der Waals surface area (Å²) in [5, 5.41) is 3.75. The van der Waals surface area contributed by atoms with Crippen molar-refractivity contribution in [3.63, 3.8) is 0 Å². The average molecular weight is 390 g/mol. The van der Waals surface area contributed by atoms with Gasteiger partial charge in [-0.1, -0.05) is 30.3 Å². The fourth-order valence-corrected chi connectivity index (χ4v) is 4.52. The lowest BCUT2D eigenvalue weighted by atomic mass is 9.86. The van der Waals surface area contributed by atoms with Crippen molar-refractivity contribution >= 4 is 5.91 Å². The number of nitrogens with zero attached hydrogens (tertiary/aromatic N) is 3. The largest absolute Gasteiger partial charge is 0.342 e. The van der Waals surface area contributed by atoms with E-state index in [4.69, 9.17) is 4.98 Å². The number of carbonyl (C=O) groups is 1. The number of para-hydroxylation sites is 1. The van der Waals surface area contributed by atoms with Gasteiger partial charge in [-0.05, 0) is 42.2 Å². The van der Waals surface area contributed by atoms with Gasteiger partial charge in [0.15, 0.2) is 0 Å². The molecule has 148 valence electrons.